The number of nitrogens with one attached hydrogen (secondary N) is 2. The van der Waals surface area contributed by atoms with Gasteiger partial charge < -0.3 is 20.3 Å². The Hall–Kier alpha value is -2.67. The molecular weight excluding hydrogens is 342 g/mol. The van der Waals surface area contributed by atoms with E-state index in [2.05, 4.69) is 20.5 Å². The van der Waals surface area contributed by atoms with E-state index in [0.717, 1.165) is 55.8 Å². The van der Waals surface area contributed by atoms with Crippen LogP contribution in [-0.4, -0.2) is 47.3 Å². The number of urea groups is 1. The number of benzene rings is 1. The molecule has 2 aromatic rings. The number of morpholine rings is 1. The van der Waals surface area contributed by atoms with Crippen LogP contribution in [0.15, 0.2) is 36.5 Å². The zero-order valence-electron chi connectivity index (χ0n) is 15.1. The number of carbonyl (C=O) groups excluding carboxylic acids is 1. The van der Waals surface area contributed by atoms with Crippen molar-refractivity contribution < 1.29 is 9.53 Å². The lowest BCUT2D eigenvalue weighted by Crippen LogP contribution is -2.43. The molecule has 0 spiro atoms. The van der Waals surface area contributed by atoms with Crippen molar-refractivity contribution in [2.45, 2.75) is 43.9 Å². The monoisotopic (exact) mass is 365 g/mol. The minimum absolute atomic E-state index is 0.148. The van der Waals surface area contributed by atoms with E-state index in [-0.39, 0.29) is 6.03 Å². The van der Waals surface area contributed by atoms with E-state index < -0.39 is 0 Å². The summed E-state index contributed by atoms with van der Waals surface area (Å²) in [6.07, 6.45) is 6.90. The van der Waals surface area contributed by atoms with E-state index in [1.54, 1.807) is 0 Å². The number of hydrogen-bond donors (Lipinski definition) is 2. The quantitative estimate of drug-likeness (QED) is 0.871. The van der Waals surface area contributed by atoms with E-state index in [9.17, 15) is 4.79 Å². The molecule has 140 valence electrons. The molecule has 2 amide bonds. The molecule has 3 aliphatic rings. The SMILES string of the molecule is O=C(Nc1ccc(-c2nccc(N3CC4CCC(C3)O4)n2)cc1)NC1CC1. The van der Waals surface area contributed by atoms with Gasteiger partial charge in [0.15, 0.2) is 5.82 Å². The van der Waals surface area contributed by atoms with Crippen molar-refractivity contribution in [3.8, 4) is 11.4 Å². The first kappa shape index (κ1) is 16.5. The van der Waals surface area contributed by atoms with E-state index in [0.29, 0.717) is 24.1 Å². The van der Waals surface area contributed by atoms with Gasteiger partial charge in [0.1, 0.15) is 5.82 Å². The van der Waals surface area contributed by atoms with Crippen LogP contribution in [-0.2, 0) is 4.74 Å². The molecular formula is C20H23N5O2. The average Bonchev–Trinajstić information content (AvgIpc) is 3.44. The number of ether oxygens (including phenoxy) is 1. The van der Waals surface area contributed by atoms with E-state index in [1.807, 2.05) is 36.5 Å². The van der Waals surface area contributed by atoms with Crippen LogP contribution >= 0.6 is 0 Å². The second-order valence-electron chi connectivity index (χ2n) is 7.55. The number of rotatable bonds is 4. The standard InChI is InChI=1S/C20H23N5O2/c26-20(23-15-5-6-15)22-14-3-1-13(2-4-14)19-21-10-9-18(24-19)25-11-16-7-8-17(12-25)27-16/h1-4,9-10,15-17H,5-8,11-12H2,(H2,22,23,26). The fourth-order valence-corrected chi connectivity index (χ4v) is 3.75. The Morgan fingerprint density at radius 1 is 1.04 bits per heavy atom. The molecule has 2 N–H and O–H groups in total. The third-order valence-corrected chi connectivity index (χ3v) is 5.32. The van der Waals surface area contributed by atoms with Gasteiger partial charge in [0.2, 0.25) is 0 Å². The Kier molecular flexibility index (Phi) is 4.16. The molecule has 1 aliphatic carbocycles. The molecule has 1 saturated carbocycles. The van der Waals surface area contributed by atoms with Crippen molar-refractivity contribution in [2.75, 3.05) is 23.3 Å². The number of anilines is 2. The number of aromatic nitrogens is 2. The summed E-state index contributed by atoms with van der Waals surface area (Å²) in [5.74, 6) is 1.64. The van der Waals surface area contributed by atoms with Gasteiger partial charge >= 0.3 is 6.03 Å². The summed E-state index contributed by atoms with van der Waals surface area (Å²) in [4.78, 5) is 23.3. The van der Waals surface area contributed by atoms with Crippen LogP contribution in [0.5, 0.6) is 0 Å². The molecule has 7 nitrogen and oxygen atoms in total. The summed E-state index contributed by atoms with van der Waals surface area (Å²) in [7, 11) is 0. The average molecular weight is 365 g/mol. The molecule has 2 unspecified atom stereocenters. The third kappa shape index (κ3) is 3.73. The van der Waals surface area contributed by atoms with Crippen molar-refractivity contribution in [1.29, 1.82) is 0 Å². The highest BCUT2D eigenvalue weighted by Gasteiger charge is 2.34. The molecule has 2 atom stereocenters. The number of amides is 2. The lowest BCUT2D eigenvalue weighted by molar-refractivity contribution is 0.0302. The summed E-state index contributed by atoms with van der Waals surface area (Å²) < 4.78 is 5.91. The van der Waals surface area contributed by atoms with Crippen LogP contribution in [0.3, 0.4) is 0 Å². The van der Waals surface area contributed by atoms with Crippen molar-refractivity contribution in [1.82, 2.24) is 15.3 Å². The zero-order chi connectivity index (χ0) is 18.2. The Labute approximate surface area is 158 Å². The first-order valence-corrected chi connectivity index (χ1v) is 9.64. The number of nitrogens with zero attached hydrogens (tertiary/aromatic N) is 3. The van der Waals surface area contributed by atoms with Gasteiger partial charge in [-0.3, -0.25) is 0 Å². The van der Waals surface area contributed by atoms with Gasteiger partial charge in [-0.05, 0) is 56.0 Å². The Morgan fingerprint density at radius 3 is 2.48 bits per heavy atom. The van der Waals surface area contributed by atoms with Gasteiger partial charge in [-0.2, -0.15) is 0 Å². The topological polar surface area (TPSA) is 79.4 Å². The largest absolute Gasteiger partial charge is 0.371 e. The normalized spacial score (nSPS) is 23.9. The summed E-state index contributed by atoms with van der Waals surface area (Å²) in [6.45, 7) is 1.79. The smallest absolute Gasteiger partial charge is 0.319 e. The Bertz CT molecular complexity index is 825. The fourth-order valence-electron chi connectivity index (χ4n) is 3.75. The molecule has 2 aliphatic heterocycles. The molecule has 3 fully saturated rings. The van der Waals surface area contributed by atoms with Gasteiger partial charge in [0, 0.05) is 36.6 Å². The van der Waals surface area contributed by atoms with Crippen LogP contribution in [0.25, 0.3) is 11.4 Å². The van der Waals surface area contributed by atoms with Crippen LogP contribution in [0, 0.1) is 0 Å². The van der Waals surface area contributed by atoms with Gasteiger partial charge in [-0.25, -0.2) is 14.8 Å². The fraction of sp³-hybridized carbons (Fsp3) is 0.450. The highest BCUT2D eigenvalue weighted by molar-refractivity contribution is 5.89. The predicted molar refractivity (Wildman–Crippen MR) is 103 cm³/mol. The van der Waals surface area contributed by atoms with E-state index in [1.165, 1.54) is 0 Å². The molecule has 27 heavy (non-hydrogen) atoms. The van der Waals surface area contributed by atoms with Crippen molar-refractivity contribution in [3.05, 3.63) is 36.5 Å². The lowest BCUT2D eigenvalue weighted by Gasteiger charge is -2.33. The van der Waals surface area contributed by atoms with Crippen LogP contribution < -0.4 is 15.5 Å². The van der Waals surface area contributed by atoms with Gasteiger partial charge in [0.25, 0.3) is 0 Å². The molecule has 2 saturated heterocycles. The van der Waals surface area contributed by atoms with Crippen LogP contribution in [0.4, 0.5) is 16.3 Å². The molecule has 5 rings (SSSR count). The number of fused-ring (bicyclic) bond motifs is 2. The molecule has 7 heteroatoms. The number of carbonyl (C=O) groups is 1. The summed E-state index contributed by atoms with van der Waals surface area (Å²) in [5.41, 5.74) is 1.69. The molecule has 1 aromatic carbocycles. The summed E-state index contributed by atoms with van der Waals surface area (Å²) >= 11 is 0. The minimum Gasteiger partial charge on any atom is -0.371 e. The highest BCUT2D eigenvalue weighted by atomic mass is 16.5. The van der Waals surface area contributed by atoms with Crippen LogP contribution in [0.2, 0.25) is 0 Å². The maximum Gasteiger partial charge on any atom is 0.319 e. The molecule has 3 heterocycles. The first-order valence-electron chi connectivity index (χ1n) is 9.64. The maximum atomic E-state index is 11.8. The maximum absolute atomic E-state index is 11.8. The summed E-state index contributed by atoms with van der Waals surface area (Å²) in [6, 6.07) is 9.80. The van der Waals surface area contributed by atoms with Gasteiger partial charge in [-0.15, -0.1) is 0 Å². The molecule has 1 aromatic heterocycles. The minimum atomic E-state index is -0.148. The second kappa shape index (κ2) is 6.81. The second-order valence-corrected chi connectivity index (χ2v) is 7.55. The lowest BCUT2D eigenvalue weighted by atomic mass is 10.2. The Morgan fingerprint density at radius 2 is 1.78 bits per heavy atom. The predicted octanol–water partition coefficient (Wildman–Crippen LogP) is 2.80. The molecule has 0 radical (unpaired) electrons. The van der Waals surface area contributed by atoms with Crippen molar-refractivity contribution >= 4 is 17.5 Å². The van der Waals surface area contributed by atoms with Crippen molar-refractivity contribution in [2.24, 2.45) is 0 Å². The van der Waals surface area contributed by atoms with E-state index >= 15 is 0 Å². The van der Waals surface area contributed by atoms with E-state index in [4.69, 9.17) is 9.72 Å². The van der Waals surface area contributed by atoms with Gasteiger partial charge in [0.05, 0.1) is 12.2 Å². The van der Waals surface area contributed by atoms with Crippen LogP contribution in [0.1, 0.15) is 25.7 Å². The molecule has 2 bridgehead atoms. The third-order valence-electron chi connectivity index (χ3n) is 5.32. The first-order chi connectivity index (χ1) is 13.2. The highest BCUT2D eigenvalue weighted by Crippen LogP contribution is 2.29. The van der Waals surface area contributed by atoms with Crippen molar-refractivity contribution in [3.63, 3.8) is 0 Å². The Balaban J connectivity index is 1.28. The summed E-state index contributed by atoms with van der Waals surface area (Å²) in [5, 5.41) is 5.77. The van der Waals surface area contributed by atoms with Gasteiger partial charge in [-0.1, -0.05) is 0 Å². The zero-order valence-corrected chi connectivity index (χ0v) is 15.1. The number of hydrogen-bond acceptors (Lipinski definition) is 5.